The van der Waals surface area contributed by atoms with Gasteiger partial charge in [-0.3, -0.25) is 9.59 Å². The standard InChI is InChI=1S/C16H17ClN2O4/c1-22-13-3-2-10(6-14(13)23-9-17)16(8-18)5-4-12(20)11(7-16)15(19)21/h2-3,6,11H,4-5,7,9H2,1H3,(H2,19,21). The van der Waals surface area contributed by atoms with E-state index < -0.39 is 17.2 Å². The normalized spacial score (nSPS) is 23.9. The number of hydrogen-bond donors (Lipinski definition) is 1. The first-order valence-electron chi connectivity index (χ1n) is 7.08. The van der Waals surface area contributed by atoms with E-state index in [2.05, 4.69) is 6.07 Å². The molecule has 0 radical (unpaired) electrons. The van der Waals surface area contributed by atoms with Gasteiger partial charge in [0.05, 0.1) is 24.5 Å². The van der Waals surface area contributed by atoms with Crippen molar-refractivity contribution in [3.8, 4) is 17.6 Å². The largest absolute Gasteiger partial charge is 0.493 e. The van der Waals surface area contributed by atoms with Crippen molar-refractivity contribution in [3.63, 3.8) is 0 Å². The van der Waals surface area contributed by atoms with Crippen LogP contribution in [0, 0.1) is 17.2 Å². The Balaban J connectivity index is 2.44. The summed E-state index contributed by atoms with van der Waals surface area (Å²) in [6.07, 6.45) is 0.544. The number of ether oxygens (including phenoxy) is 2. The minimum Gasteiger partial charge on any atom is -0.493 e. The molecule has 23 heavy (non-hydrogen) atoms. The van der Waals surface area contributed by atoms with Gasteiger partial charge in [0, 0.05) is 6.42 Å². The summed E-state index contributed by atoms with van der Waals surface area (Å²) in [6, 6.07) is 7.26. The van der Waals surface area contributed by atoms with Gasteiger partial charge in [0.25, 0.3) is 0 Å². The van der Waals surface area contributed by atoms with Crippen molar-refractivity contribution >= 4 is 23.3 Å². The molecule has 2 rings (SSSR count). The van der Waals surface area contributed by atoms with Gasteiger partial charge in [-0.05, 0) is 30.5 Å². The zero-order chi connectivity index (χ0) is 17.0. The van der Waals surface area contributed by atoms with Gasteiger partial charge in [-0.15, -0.1) is 0 Å². The Kier molecular flexibility index (Phi) is 5.12. The highest BCUT2D eigenvalue weighted by atomic mass is 35.5. The van der Waals surface area contributed by atoms with Crippen LogP contribution in [-0.4, -0.2) is 24.9 Å². The van der Waals surface area contributed by atoms with Crippen LogP contribution in [0.5, 0.6) is 11.5 Å². The van der Waals surface area contributed by atoms with E-state index >= 15 is 0 Å². The first kappa shape index (κ1) is 17.1. The Hall–Kier alpha value is -2.26. The van der Waals surface area contributed by atoms with E-state index in [4.69, 9.17) is 26.8 Å². The quantitative estimate of drug-likeness (QED) is 0.653. The summed E-state index contributed by atoms with van der Waals surface area (Å²) in [5.41, 5.74) is 4.99. The van der Waals surface area contributed by atoms with Gasteiger partial charge >= 0.3 is 0 Å². The molecule has 122 valence electrons. The van der Waals surface area contributed by atoms with Crippen LogP contribution in [0.3, 0.4) is 0 Å². The van der Waals surface area contributed by atoms with Crippen molar-refractivity contribution in [2.75, 3.05) is 13.2 Å². The number of amides is 1. The predicted molar refractivity (Wildman–Crippen MR) is 83.2 cm³/mol. The van der Waals surface area contributed by atoms with E-state index in [0.717, 1.165) is 0 Å². The van der Waals surface area contributed by atoms with E-state index in [9.17, 15) is 14.9 Å². The SMILES string of the molecule is COc1ccc(C2(C#N)CCC(=O)C(C(N)=O)C2)cc1OCCl. The summed E-state index contributed by atoms with van der Waals surface area (Å²) in [4.78, 5) is 23.4. The van der Waals surface area contributed by atoms with Crippen LogP contribution in [0.15, 0.2) is 18.2 Å². The summed E-state index contributed by atoms with van der Waals surface area (Å²) < 4.78 is 10.5. The molecule has 1 aliphatic rings. The van der Waals surface area contributed by atoms with Crippen LogP contribution >= 0.6 is 11.6 Å². The molecule has 0 heterocycles. The molecule has 1 saturated carbocycles. The molecule has 1 aliphatic carbocycles. The van der Waals surface area contributed by atoms with Crippen LogP contribution < -0.4 is 15.2 Å². The molecule has 1 fully saturated rings. The number of Topliss-reactive ketones (excluding diaryl/α,β-unsaturated/α-hetero) is 1. The van der Waals surface area contributed by atoms with Gasteiger partial charge in [0.15, 0.2) is 17.6 Å². The van der Waals surface area contributed by atoms with Crippen molar-refractivity contribution in [3.05, 3.63) is 23.8 Å². The Bertz CT molecular complexity index is 671. The molecular formula is C16H17ClN2O4. The van der Waals surface area contributed by atoms with Crippen molar-refractivity contribution in [2.24, 2.45) is 11.7 Å². The molecule has 2 N–H and O–H groups in total. The number of methoxy groups -OCH3 is 1. The van der Waals surface area contributed by atoms with Crippen LogP contribution in [0.2, 0.25) is 0 Å². The average Bonchev–Trinajstić information content (AvgIpc) is 2.55. The van der Waals surface area contributed by atoms with Gasteiger partial charge in [-0.1, -0.05) is 17.7 Å². The maximum Gasteiger partial charge on any atom is 0.228 e. The number of nitriles is 1. The molecule has 0 saturated heterocycles. The second-order valence-corrected chi connectivity index (χ2v) is 5.66. The Morgan fingerprint density at radius 1 is 1.52 bits per heavy atom. The van der Waals surface area contributed by atoms with Crippen molar-refractivity contribution in [1.82, 2.24) is 0 Å². The average molecular weight is 337 g/mol. The second kappa shape index (κ2) is 6.88. The lowest BCUT2D eigenvalue weighted by Gasteiger charge is -2.34. The number of primary amides is 1. The molecule has 1 amide bonds. The fraction of sp³-hybridized carbons (Fsp3) is 0.438. The number of halogens is 1. The van der Waals surface area contributed by atoms with Crippen LogP contribution in [0.4, 0.5) is 0 Å². The summed E-state index contributed by atoms with van der Waals surface area (Å²) in [6.45, 7) is 0. The van der Waals surface area contributed by atoms with Crippen LogP contribution in [0.25, 0.3) is 0 Å². The maximum absolute atomic E-state index is 11.9. The van der Waals surface area contributed by atoms with Gasteiger partial charge in [0.1, 0.15) is 5.78 Å². The van der Waals surface area contributed by atoms with E-state index in [1.54, 1.807) is 18.2 Å². The predicted octanol–water partition coefficient (Wildman–Crippen LogP) is 1.89. The molecule has 0 spiro atoms. The Morgan fingerprint density at radius 3 is 2.83 bits per heavy atom. The Labute approximate surface area is 139 Å². The molecule has 0 aliphatic heterocycles. The summed E-state index contributed by atoms with van der Waals surface area (Å²) in [5.74, 6) is -0.958. The summed E-state index contributed by atoms with van der Waals surface area (Å²) >= 11 is 5.61. The third kappa shape index (κ3) is 3.25. The number of hydrogen-bond acceptors (Lipinski definition) is 5. The van der Waals surface area contributed by atoms with E-state index in [1.807, 2.05) is 0 Å². The lowest BCUT2D eigenvalue weighted by atomic mass is 9.66. The molecule has 2 unspecified atom stereocenters. The summed E-state index contributed by atoms with van der Waals surface area (Å²) in [7, 11) is 1.50. The molecule has 0 bridgehead atoms. The van der Waals surface area contributed by atoms with E-state index in [0.29, 0.717) is 23.5 Å². The highest BCUT2D eigenvalue weighted by Crippen LogP contribution is 2.43. The molecule has 6 nitrogen and oxygen atoms in total. The fourth-order valence-electron chi connectivity index (χ4n) is 2.91. The first-order chi connectivity index (χ1) is 11.0. The number of nitrogens with zero attached hydrogens (tertiary/aromatic N) is 1. The van der Waals surface area contributed by atoms with E-state index in [-0.39, 0.29) is 24.7 Å². The molecule has 1 aromatic rings. The van der Waals surface area contributed by atoms with Crippen molar-refractivity contribution in [2.45, 2.75) is 24.7 Å². The molecule has 1 aromatic carbocycles. The zero-order valence-electron chi connectivity index (χ0n) is 12.7. The summed E-state index contributed by atoms with van der Waals surface area (Å²) in [5, 5.41) is 9.72. The monoisotopic (exact) mass is 336 g/mol. The highest BCUT2D eigenvalue weighted by molar-refractivity contribution is 6.17. The number of nitrogens with two attached hydrogens (primary N) is 1. The Morgan fingerprint density at radius 2 is 2.26 bits per heavy atom. The minimum absolute atomic E-state index is 0.0677. The minimum atomic E-state index is -0.968. The lowest BCUT2D eigenvalue weighted by Crippen LogP contribution is -2.42. The first-order valence-corrected chi connectivity index (χ1v) is 7.61. The number of rotatable bonds is 5. The van der Waals surface area contributed by atoms with Crippen molar-refractivity contribution < 1.29 is 19.1 Å². The number of benzene rings is 1. The topological polar surface area (TPSA) is 102 Å². The highest BCUT2D eigenvalue weighted by Gasteiger charge is 2.44. The number of carbonyl (C=O) groups is 2. The number of alkyl halides is 1. The van der Waals surface area contributed by atoms with Crippen LogP contribution in [0.1, 0.15) is 24.8 Å². The molecule has 7 heteroatoms. The van der Waals surface area contributed by atoms with E-state index in [1.165, 1.54) is 7.11 Å². The smallest absolute Gasteiger partial charge is 0.228 e. The van der Waals surface area contributed by atoms with Crippen molar-refractivity contribution in [1.29, 1.82) is 5.26 Å². The number of carbonyl (C=O) groups excluding carboxylic acids is 2. The molecule has 0 aromatic heterocycles. The fourth-order valence-corrected chi connectivity index (χ4v) is 3.03. The van der Waals surface area contributed by atoms with Crippen LogP contribution in [-0.2, 0) is 15.0 Å². The van der Waals surface area contributed by atoms with Gasteiger partial charge in [-0.2, -0.15) is 5.26 Å². The molecular weight excluding hydrogens is 320 g/mol. The maximum atomic E-state index is 11.9. The van der Waals surface area contributed by atoms with Gasteiger partial charge in [0.2, 0.25) is 5.91 Å². The third-order valence-electron chi connectivity index (χ3n) is 4.22. The second-order valence-electron chi connectivity index (χ2n) is 5.44. The van der Waals surface area contributed by atoms with Gasteiger partial charge in [-0.25, -0.2) is 0 Å². The van der Waals surface area contributed by atoms with Gasteiger partial charge < -0.3 is 15.2 Å². The third-order valence-corrected chi connectivity index (χ3v) is 4.33. The lowest BCUT2D eigenvalue weighted by molar-refractivity contribution is -0.134. The molecule has 2 atom stereocenters. The number of ketones is 1. The zero-order valence-corrected chi connectivity index (χ0v) is 13.4.